The number of aromatic nitrogens is 1. The third-order valence-electron chi connectivity index (χ3n) is 4.96. The molecule has 0 aliphatic rings. The highest BCUT2D eigenvalue weighted by atomic mass is 32.2. The molecule has 3 aromatic rings. The highest BCUT2D eigenvalue weighted by Gasteiger charge is 2.28. The Hall–Kier alpha value is -2.97. The maximum atomic E-state index is 12.6. The van der Waals surface area contributed by atoms with Gasteiger partial charge in [-0.15, -0.1) is 0 Å². The SMILES string of the molecule is CCCc1ccc(-c2cc(-c3ccc(S(=O)(=O)NC(C(=O)O)C(C)C)cc3)no2)cc1. The Bertz CT molecular complexity index is 1130. The minimum atomic E-state index is -3.97. The Kier molecular flexibility index (Phi) is 6.92. The second kappa shape index (κ2) is 9.45. The van der Waals surface area contributed by atoms with Crippen molar-refractivity contribution in [1.82, 2.24) is 9.88 Å². The minimum Gasteiger partial charge on any atom is -0.480 e. The summed E-state index contributed by atoms with van der Waals surface area (Å²) in [6.07, 6.45) is 2.11. The number of aliphatic carboxylic acids is 1. The van der Waals surface area contributed by atoms with E-state index in [1.807, 2.05) is 12.1 Å². The number of nitrogens with zero attached hydrogens (tertiary/aromatic N) is 1. The van der Waals surface area contributed by atoms with Gasteiger partial charge >= 0.3 is 5.97 Å². The summed E-state index contributed by atoms with van der Waals surface area (Å²) in [7, 11) is -3.97. The molecule has 0 saturated heterocycles. The fourth-order valence-corrected chi connectivity index (χ4v) is 4.52. The van der Waals surface area contributed by atoms with Gasteiger partial charge in [0.15, 0.2) is 5.76 Å². The highest BCUT2D eigenvalue weighted by Crippen LogP contribution is 2.27. The van der Waals surface area contributed by atoms with E-state index < -0.39 is 28.0 Å². The van der Waals surface area contributed by atoms with Gasteiger partial charge in [-0.2, -0.15) is 4.72 Å². The predicted molar refractivity (Wildman–Crippen MR) is 118 cm³/mol. The van der Waals surface area contributed by atoms with Gasteiger partial charge in [0.2, 0.25) is 10.0 Å². The summed E-state index contributed by atoms with van der Waals surface area (Å²) in [6, 6.07) is 14.8. The van der Waals surface area contributed by atoms with Gasteiger partial charge in [-0.25, -0.2) is 8.42 Å². The molecule has 0 aliphatic carbocycles. The van der Waals surface area contributed by atoms with Gasteiger partial charge in [-0.3, -0.25) is 4.79 Å². The van der Waals surface area contributed by atoms with Crippen molar-refractivity contribution in [2.45, 2.75) is 44.6 Å². The van der Waals surface area contributed by atoms with Crippen LogP contribution in [0.5, 0.6) is 0 Å². The summed E-state index contributed by atoms with van der Waals surface area (Å²) in [6.45, 7) is 5.42. The lowest BCUT2D eigenvalue weighted by molar-refractivity contribution is -0.140. The van der Waals surface area contributed by atoms with Crippen molar-refractivity contribution < 1.29 is 22.8 Å². The van der Waals surface area contributed by atoms with E-state index >= 15 is 0 Å². The normalized spacial score (nSPS) is 12.8. The van der Waals surface area contributed by atoms with Crippen LogP contribution in [-0.2, 0) is 21.2 Å². The molecule has 0 aliphatic heterocycles. The van der Waals surface area contributed by atoms with Crippen LogP contribution in [-0.4, -0.2) is 30.7 Å². The molecule has 1 aromatic heterocycles. The molecule has 0 bridgehead atoms. The van der Waals surface area contributed by atoms with Gasteiger partial charge < -0.3 is 9.63 Å². The zero-order valence-corrected chi connectivity index (χ0v) is 18.5. The number of carboxylic acids is 1. The number of nitrogens with one attached hydrogen (secondary N) is 1. The van der Waals surface area contributed by atoms with E-state index in [0.29, 0.717) is 17.0 Å². The van der Waals surface area contributed by atoms with E-state index in [1.54, 1.807) is 32.0 Å². The van der Waals surface area contributed by atoms with Crippen LogP contribution >= 0.6 is 0 Å². The van der Waals surface area contributed by atoms with Crippen molar-refractivity contribution in [3.05, 3.63) is 60.2 Å². The Morgan fingerprint density at radius 3 is 2.23 bits per heavy atom. The number of rotatable bonds is 9. The lowest BCUT2D eigenvalue weighted by atomic mass is 10.1. The van der Waals surface area contributed by atoms with Crippen LogP contribution in [0.4, 0.5) is 0 Å². The topological polar surface area (TPSA) is 110 Å². The lowest BCUT2D eigenvalue weighted by Gasteiger charge is -2.18. The van der Waals surface area contributed by atoms with Gasteiger partial charge in [0.25, 0.3) is 0 Å². The van der Waals surface area contributed by atoms with Gasteiger partial charge in [0, 0.05) is 17.2 Å². The number of hydrogen-bond donors (Lipinski definition) is 2. The maximum Gasteiger partial charge on any atom is 0.322 e. The summed E-state index contributed by atoms with van der Waals surface area (Å²) >= 11 is 0. The molecule has 0 saturated carbocycles. The van der Waals surface area contributed by atoms with Crippen LogP contribution in [0.2, 0.25) is 0 Å². The minimum absolute atomic E-state index is 0.0154. The van der Waals surface area contributed by atoms with E-state index in [0.717, 1.165) is 18.4 Å². The Morgan fingerprint density at radius 2 is 1.68 bits per heavy atom. The summed E-state index contributed by atoms with van der Waals surface area (Å²) in [5.41, 5.74) is 3.44. The average Bonchev–Trinajstić information content (AvgIpc) is 3.23. The molecule has 2 aromatic carbocycles. The number of benzene rings is 2. The molecule has 31 heavy (non-hydrogen) atoms. The van der Waals surface area contributed by atoms with Gasteiger partial charge in [0.05, 0.1) is 4.90 Å². The fourth-order valence-electron chi connectivity index (χ4n) is 3.18. The smallest absolute Gasteiger partial charge is 0.322 e. The summed E-state index contributed by atoms with van der Waals surface area (Å²) in [5.74, 6) is -0.984. The van der Waals surface area contributed by atoms with Gasteiger partial charge in [0.1, 0.15) is 11.7 Å². The van der Waals surface area contributed by atoms with Crippen molar-refractivity contribution in [3.8, 4) is 22.6 Å². The van der Waals surface area contributed by atoms with E-state index in [2.05, 4.69) is 28.9 Å². The van der Waals surface area contributed by atoms with Crippen LogP contribution < -0.4 is 4.72 Å². The molecule has 1 unspecified atom stereocenters. The van der Waals surface area contributed by atoms with Crippen LogP contribution in [0.25, 0.3) is 22.6 Å². The van der Waals surface area contributed by atoms with E-state index in [-0.39, 0.29) is 4.90 Å². The van der Waals surface area contributed by atoms with Crippen LogP contribution in [0.3, 0.4) is 0 Å². The molecule has 1 atom stereocenters. The summed E-state index contributed by atoms with van der Waals surface area (Å²) < 4.78 is 32.8. The molecule has 1 heterocycles. The first-order valence-electron chi connectivity index (χ1n) is 10.1. The third kappa shape index (κ3) is 5.39. The van der Waals surface area contributed by atoms with E-state index in [9.17, 15) is 18.3 Å². The molecular formula is C23H26N2O5S. The Labute approximate surface area is 182 Å². The number of carboxylic acid groups (broad SMARTS) is 1. The van der Waals surface area contributed by atoms with Gasteiger partial charge in [-0.05, 0) is 30.0 Å². The first-order chi connectivity index (χ1) is 14.7. The molecule has 0 amide bonds. The van der Waals surface area contributed by atoms with Gasteiger partial charge in [-0.1, -0.05) is 68.7 Å². The van der Waals surface area contributed by atoms with Crippen molar-refractivity contribution in [3.63, 3.8) is 0 Å². The molecule has 2 N–H and O–H groups in total. The van der Waals surface area contributed by atoms with Crippen LogP contribution in [0.15, 0.2) is 64.0 Å². The zero-order valence-electron chi connectivity index (χ0n) is 17.7. The molecule has 0 radical (unpaired) electrons. The lowest BCUT2D eigenvalue weighted by Crippen LogP contribution is -2.44. The largest absolute Gasteiger partial charge is 0.480 e. The van der Waals surface area contributed by atoms with Crippen molar-refractivity contribution in [1.29, 1.82) is 0 Å². The average molecular weight is 443 g/mol. The Balaban J connectivity index is 1.78. The zero-order chi connectivity index (χ0) is 22.6. The van der Waals surface area contributed by atoms with Crippen molar-refractivity contribution in [2.24, 2.45) is 5.92 Å². The van der Waals surface area contributed by atoms with E-state index in [4.69, 9.17) is 4.52 Å². The second-order valence-electron chi connectivity index (χ2n) is 7.73. The maximum absolute atomic E-state index is 12.6. The number of carbonyl (C=O) groups is 1. The van der Waals surface area contributed by atoms with Crippen LogP contribution in [0.1, 0.15) is 32.8 Å². The molecular weight excluding hydrogens is 416 g/mol. The second-order valence-corrected chi connectivity index (χ2v) is 9.44. The molecule has 7 nitrogen and oxygen atoms in total. The van der Waals surface area contributed by atoms with Crippen molar-refractivity contribution >= 4 is 16.0 Å². The number of aryl methyl sites for hydroxylation is 1. The molecule has 0 spiro atoms. The first-order valence-corrected chi connectivity index (χ1v) is 11.6. The standard InChI is InChI=1S/C23H26N2O5S/c1-4-5-16-6-8-18(9-7-16)21-14-20(24-30-21)17-10-12-19(13-11-17)31(28,29)25-22(15(2)3)23(26)27/h6-15,22,25H,4-5H2,1-3H3,(H,26,27). The fraction of sp³-hybridized carbons (Fsp3) is 0.304. The third-order valence-corrected chi connectivity index (χ3v) is 6.42. The number of hydrogen-bond acceptors (Lipinski definition) is 5. The molecule has 8 heteroatoms. The molecule has 0 fully saturated rings. The number of sulfonamides is 1. The summed E-state index contributed by atoms with van der Waals surface area (Å²) in [5, 5.41) is 13.3. The van der Waals surface area contributed by atoms with Crippen LogP contribution in [0, 0.1) is 5.92 Å². The van der Waals surface area contributed by atoms with Crippen molar-refractivity contribution in [2.75, 3.05) is 0 Å². The quantitative estimate of drug-likeness (QED) is 0.510. The van der Waals surface area contributed by atoms with E-state index in [1.165, 1.54) is 17.7 Å². The molecule has 164 valence electrons. The first kappa shape index (κ1) is 22.7. The summed E-state index contributed by atoms with van der Waals surface area (Å²) in [4.78, 5) is 11.3. The monoisotopic (exact) mass is 442 g/mol. The Morgan fingerprint density at radius 1 is 1.06 bits per heavy atom. The highest BCUT2D eigenvalue weighted by molar-refractivity contribution is 7.89. The predicted octanol–water partition coefficient (Wildman–Crippen LogP) is 4.35. The molecule has 3 rings (SSSR count).